The van der Waals surface area contributed by atoms with Crippen LogP contribution in [0.5, 0.6) is 5.75 Å². The zero-order valence-electron chi connectivity index (χ0n) is 12.0. The molecule has 0 spiro atoms. The van der Waals surface area contributed by atoms with Crippen LogP contribution < -0.4 is 10.5 Å². The second-order valence-corrected chi connectivity index (χ2v) is 4.66. The van der Waals surface area contributed by atoms with Gasteiger partial charge in [0.05, 0.1) is 12.7 Å². The standard InChI is InChI=1S/C14H19F3N2O2/c1-3-4-7-19(9-14(15,16)17)13(20)11-8-10(18)5-6-12(11)21-2/h5-6,8H,3-4,7,9,18H2,1-2H3. The molecule has 1 amide bonds. The molecule has 0 aliphatic rings. The third kappa shape index (κ3) is 5.17. The van der Waals surface area contributed by atoms with Gasteiger partial charge in [0, 0.05) is 12.2 Å². The summed E-state index contributed by atoms with van der Waals surface area (Å²) in [5, 5.41) is 0. The summed E-state index contributed by atoms with van der Waals surface area (Å²) in [4.78, 5) is 13.1. The third-order valence-corrected chi connectivity index (χ3v) is 2.89. The number of unbranched alkanes of at least 4 members (excludes halogenated alkanes) is 1. The van der Waals surface area contributed by atoms with E-state index < -0.39 is 18.6 Å². The molecule has 118 valence electrons. The van der Waals surface area contributed by atoms with Crippen LogP contribution in [-0.4, -0.2) is 37.2 Å². The molecular formula is C14H19F3N2O2. The Morgan fingerprint density at radius 3 is 2.57 bits per heavy atom. The van der Waals surface area contributed by atoms with E-state index in [9.17, 15) is 18.0 Å². The summed E-state index contributed by atoms with van der Waals surface area (Å²) in [6.45, 7) is 0.591. The highest BCUT2D eigenvalue weighted by Gasteiger charge is 2.33. The van der Waals surface area contributed by atoms with Crippen LogP contribution in [0.15, 0.2) is 18.2 Å². The zero-order valence-corrected chi connectivity index (χ0v) is 12.0. The number of nitrogen functional groups attached to an aromatic ring is 1. The number of methoxy groups -OCH3 is 1. The van der Waals surface area contributed by atoms with Crippen molar-refractivity contribution in [3.63, 3.8) is 0 Å². The summed E-state index contributed by atoms with van der Waals surface area (Å²) in [5.74, 6) is -0.525. The summed E-state index contributed by atoms with van der Waals surface area (Å²) < 4.78 is 42.9. The molecular weight excluding hydrogens is 285 g/mol. The van der Waals surface area contributed by atoms with Gasteiger partial charge in [0.1, 0.15) is 12.3 Å². The number of rotatable bonds is 6. The largest absolute Gasteiger partial charge is 0.496 e. The number of nitrogens with two attached hydrogens (primary N) is 1. The monoisotopic (exact) mass is 304 g/mol. The molecule has 0 aromatic heterocycles. The van der Waals surface area contributed by atoms with Crippen molar-refractivity contribution in [2.24, 2.45) is 0 Å². The lowest BCUT2D eigenvalue weighted by molar-refractivity contribution is -0.140. The molecule has 0 radical (unpaired) electrons. The predicted molar refractivity (Wildman–Crippen MR) is 74.3 cm³/mol. The van der Waals surface area contributed by atoms with E-state index in [-0.39, 0.29) is 17.9 Å². The average molecular weight is 304 g/mol. The van der Waals surface area contributed by atoms with E-state index in [0.717, 1.165) is 4.90 Å². The second kappa shape index (κ2) is 7.19. The van der Waals surface area contributed by atoms with Crippen molar-refractivity contribution >= 4 is 11.6 Å². The van der Waals surface area contributed by atoms with Crippen molar-refractivity contribution < 1.29 is 22.7 Å². The molecule has 0 aliphatic carbocycles. The Hall–Kier alpha value is -1.92. The SMILES string of the molecule is CCCCN(CC(F)(F)F)C(=O)c1cc(N)ccc1OC. The molecule has 7 heteroatoms. The minimum Gasteiger partial charge on any atom is -0.496 e. The van der Waals surface area contributed by atoms with Gasteiger partial charge in [-0.2, -0.15) is 13.2 Å². The lowest BCUT2D eigenvalue weighted by Gasteiger charge is -2.24. The maximum atomic E-state index is 12.6. The van der Waals surface area contributed by atoms with Crippen LogP contribution in [0, 0.1) is 0 Å². The number of carbonyl (C=O) groups is 1. The Morgan fingerprint density at radius 2 is 2.05 bits per heavy atom. The molecule has 0 aliphatic heterocycles. The van der Waals surface area contributed by atoms with E-state index in [1.54, 1.807) is 0 Å². The second-order valence-electron chi connectivity index (χ2n) is 4.66. The highest BCUT2D eigenvalue weighted by atomic mass is 19.4. The van der Waals surface area contributed by atoms with Gasteiger partial charge in [-0.1, -0.05) is 13.3 Å². The highest BCUT2D eigenvalue weighted by molar-refractivity contribution is 5.97. The summed E-state index contributed by atoms with van der Waals surface area (Å²) >= 11 is 0. The van der Waals surface area contributed by atoms with Crippen molar-refractivity contribution in [2.75, 3.05) is 25.9 Å². The Labute approximate surface area is 121 Å². The van der Waals surface area contributed by atoms with Gasteiger partial charge in [-0.3, -0.25) is 4.79 Å². The van der Waals surface area contributed by atoms with Crippen molar-refractivity contribution in [3.05, 3.63) is 23.8 Å². The highest BCUT2D eigenvalue weighted by Crippen LogP contribution is 2.25. The quantitative estimate of drug-likeness (QED) is 0.822. The third-order valence-electron chi connectivity index (χ3n) is 2.89. The van der Waals surface area contributed by atoms with Gasteiger partial charge in [0.15, 0.2) is 0 Å². The van der Waals surface area contributed by atoms with Gasteiger partial charge in [-0.15, -0.1) is 0 Å². The number of hydrogen-bond acceptors (Lipinski definition) is 3. The summed E-state index contributed by atoms with van der Waals surface area (Å²) in [6.07, 6.45) is -3.26. The van der Waals surface area contributed by atoms with E-state index >= 15 is 0 Å². The first-order chi connectivity index (χ1) is 9.78. The van der Waals surface area contributed by atoms with Crippen LogP contribution in [0.1, 0.15) is 30.1 Å². The predicted octanol–water partition coefficient (Wildman–Crippen LogP) is 3.08. The fourth-order valence-electron chi connectivity index (χ4n) is 1.88. The Morgan fingerprint density at radius 1 is 1.38 bits per heavy atom. The van der Waals surface area contributed by atoms with Crippen LogP contribution >= 0.6 is 0 Å². The minimum absolute atomic E-state index is 0.0345. The van der Waals surface area contributed by atoms with Gasteiger partial charge < -0.3 is 15.4 Å². The first-order valence-electron chi connectivity index (χ1n) is 6.58. The van der Waals surface area contributed by atoms with Crippen LogP contribution in [0.25, 0.3) is 0 Å². The van der Waals surface area contributed by atoms with Crippen LogP contribution in [-0.2, 0) is 0 Å². The number of nitrogens with zero attached hydrogens (tertiary/aromatic N) is 1. The molecule has 1 rings (SSSR count). The maximum absolute atomic E-state index is 12.6. The minimum atomic E-state index is -4.45. The molecule has 0 saturated heterocycles. The molecule has 0 saturated carbocycles. The van der Waals surface area contributed by atoms with Gasteiger partial charge in [0.25, 0.3) is 5.91 Å². The Kier molecular flexibility index (Phi) is 5.87. The van der Waals surface area contributed by atoms with Gasteiger partial charge in [-0.05, 0) is 24.6 Å². The number of alkyl halides is 3. The topological polar surface area (TPSA) is 55.6 Å². The van der Waals surface area contributed by atoms with E-state index in [0.29, 0.717) is 18.5 Å². The number of halogens is 3. The van der Waals surface area contributed by atoms with Crippen molar-refractivity contribution in [1.82, 2.24) is 4.90 Å². The average Bonchev–Trinajstić information content (AvgIpc) is 2.41. The lowest BCUT2D eigenvalue weighted by atomic mass is 10.1. The lowest BCUT2D eigenvalue weighted by Crippen LogP contribution is -2.39. The maximum Gasteiger partial charge on any atom is 0.406 e. The van der Waals surface area contributed by atoms with E-state index in [2.05, 4.69) is 0 Å². The van der Waals surface area contributed by atoms with Crippen LogP contribution in [0.2, 0.25) is 0 Å². The zero-order chi connectivity index (χ0) is 16.0. The van der Waals surface area contributed by atoms with Crippen LogP contribution in [0.3, 0.4) is 0 Å². The van der Waals surface area contributed by atoms with E-state index in [1.807, 2.05) is 6.92 Å². The van der Waals surface area contributed by atoms with Crippen molar-refractivity contribution in [1.29, 1.82) is 0 Å². The molecule has 1 aromatic carbocycles. The first kappa shape index (κ1) is 17.1. The number of carbonyl (C=O) groups excluding carboxylic acids is 1. The summed E-state index contributed by atoms with van der Waals surface area (Å²) in [6, 6.07) is 4.32. The number of benzene rings is 1. The smallest absolute Gasteiger partial charge is 0.406 e. The first-order valence-corrected chi connectivity index (χ1v) is 6.58. The number of ether oxygens (including phenoxy) is 1. The number of anilines is 1. The molecule has 0 atom stereocenters. The molecule has 2 N–H and O–H groups in total. The van der Waals surface area contributed by atoms with Gasteiger partial charge in [-0.25, -0.2) is 0 Å². The van der Waals surface area contributed by atoms with E-state index in [1.165, 1.54) is 25.3 Å². The Bertz CT molecular complexity index is 490. The normalized spacial score (nSPS) is 11.3. The molecule has 0 unspecified atom stereocenters. The number of hydrogen-bond donors (Lipinski definition) is 1. The molecule has 1 aromatic rings. The van der Waals surface area contributed by atoms with Crippen molar-refractivity contribution in [2.45, 2.75) is 25.9 Å². The number of amides is 1. The molecule has 21 heavy (non-hydrogen) atoms. The van der Waals surface area contributed by atoms with Gasteiger partial charge >= 0.3 is 6.18 Å². The van der Waals surface area contributed by atoms with E-state index in [4.69, 9.17) is 10.5 Å². The van der Waals surface area contributed by atoms with Crippen molar-refractivity contribution in [3.8, 4) is 5.75 Å². The summed E-state index contributed by atoms with van der Waals surface area (Å²) in [7, 11) is 1.35. The van der Waals surface area contributed by atoms with Crippen LogP contribution in [0.4, 0.5) is 18.9 Å². The molecule has 0 heterocycles. The fourth-order valence-corrected chi connectivity index (χ4v) is 1.88. The fraction of sp³-hybridized carbons (Fsp3) is 0.500. The van der Waals surface area contributed by atoms with Gasteiger partial charge in [0.2, 0.25) is 0 Å². The molecule has 0 fully saturated rings. The molecule has 4 nitrogen and oxygen atoms in total. The molecule has 0 bridgehead atoms. The Balaban J connectivity index is 3.06. The summed E-state index contributed by atoms with van der Waals surface area (Å²) in [5.41, 5.74) is 5.93.